The number of hydrogen-bond donors (Lipinski definition) is 2. The Kier molecular flexibility index (Phi) is 2.82. The molecule has 1 atom stereocenters. The lowest BCUT2D eigenvalue weighted by Gasteiger charge is -2.59. The molecule has 0 amide bonds. The van der Waals surface area contributed by atoms with Gasteiger partial charge in [0.2, 0.25) is 0 Å². The zero-order valence-corrected chi connectivity index (χ0v) is 13.3. The molecule has 4 aliphatic carbocycles. The second kappa shape index (κ2) is 4.36. The van der Waals surface area contributed by atoms with Crippen molar-refractivity contribution in [2.45, 2.75) is 58.4 Å². The fraction of sp³-hybridized carbons (Fsp3) is 0.812. The Labute approximate surface area is 125 Å². The minimum Gasteiger partial charge on any atom is -0.383 e. The first kappa shape index (κ1) is 12.9. The van der Waals surface area contributed by atoms with Gasteiger partial charge >= 0.3 is 0 Å². The van der Waals surface area contributed by atoms with Gasteiger partial charge in [-0.2, -0.15) is 4.37 Å². The topological polar surface area (TPSA) is 50.9 Å². The van der Waals surface area contributed by atoms with E-state index in [4.69, 9.17) is 5.73 Å². The molecule has 4 heteroatoms. The lowest BCUT2D eigenvalue weighted by molar-refractivity contribution is -0.0602. The molecule has 0 saturated heterocycles. The minimum atomic E-state index is 0.542. The molecule has 1 heterocycles. The highest BCUT2D eigenvalue weighted by Crippen LogP contribution is 2.61. The van der Waals surface area contributed by atoms with Gasteiger partial charge in [0.15, 0.2) is 0 Å². The molecule has 20 heavy (non-hydrogen) atoms. The van der Waals surface area contributed by atoms with Crippen molar-refractivity contribution in [2.75, 3.05) is 11.1 Å². The van der Waals surface area contributed by atoms with Crippen molar-refractivity contribution in [3.8, 4) is 0 Å². The molecule has 110 valence electrons. The van der Waals surface area contributed by atoms with Crippen LogP contribution in [0, 0.1) is 30.1 Å². The van der Waals surface area contributed by atoms with Crippen LogP contribution in [0.5, 0.6) is 0 Å². The summed E-state index contributed by atoms with van der Waals surface area (Å²) in [5.41, 5.74) is 7.55. The van der Waals surface area contributed by atoms with Crippen LogP contribution in [0.1, 0.15) is 51.0 Å². The number of aromatic nitrogens is 1. The van der Waals surface area contributed by atoms with Gasteiger partial charge in [0.25, 0.3) is 0 Å². The number of nitrogen functional groups attached to an aromatic ring is 1. The molecule has 0 spiro atoms. The molecule has 3 nitrogen and oxygen atoms in total. The summed E-state index contributed by atoms with van der Waals surface area (Å²) >= 11 is 1.52. The second-order valence-corrected chi connectivity index (χ2v) is 8.44. The zero-order valence-electron chi connectivity index (χ0n) is 12.5. The van der Waals surface area contributed by atoms with E-state index >= 15 is 0 Å². The van der Waals surface area contributed by atoms with Crippen LogP contribution in [0.4, 0.5) is 10.8 Å². The van der Waals surface area contributed by atoms with Gasteiger partial charge in [-0.05, 0) is 87.1 Å². The van der Waals surface area contributed by atoms with Crippen LogP contribution in [0.25, 0.3) is 0 Å². The molecule has 1 aromatic rings. The van der Waals surface area contributed by atoms with Crippen LogP contribution < -0.4 is 11.1 Å². The predicted octanol–water partition coefficient (Wildman–Crippen LogP) is 4.05. The molecule has 4 bridgehead atoms. The van der Waals surface area contributed by atoms with Crippen LogP contribution >= 0.6 is 11.5 Å². The number of rotatable bonds is 3. The molecular formula is C16H25N3S. The first-order valence-corrected chi connectivity index (χ1v) is 8.81. The first-order chi connectivity index (χ1) is 9.56. The third-order valence-electron chi connectivity index (χ3n) is 6.31. The Balaban J connectivity index is 1.56. The number of anilines is 2. The maximum Gasteiger partial charge on any atom is 0.142 e. The Hall–Kier alpha value is -0.770. The van der Waals surface area contributed by atoms with E-state index in [0.29, 0.717) is 17.3 Å². The maximum absolute atomic E-state index is 5.88. The standard InChI is InChI=1S/C16H25N3S/c1-9-14(17)19-20-15(9)18-10(2)16-6-11-3-12(7-16)5-13(4-11)8-16/h10-13,18H,3-8H2,1-2H3,(H2,17,19). The lowest BCUT2D eigenvalue weighted by Crippen LogP contribution is -2.52. The zero-order chi connectivity index (χ0) is 13.9. The van der Waals surface area contributed by atoms with Crippen LogP contribution in [0.15, 0.2) is 0 Å². The fourth-order valence-corrected chi connectivity index (χ4v) is 6.34. The Morgan fingerprint density at radius 2 is 1.75 bits per heavy atom. The van der Waals surface area contributed by atoms with Crippen molar-refractivity contribution in [1.82, 2.24) is 4.37 Å². The third-order valence-corrected chi connectivity index (χ3v) is 7.21. The largest absolute Gasteiger partial charge is 0.383 e. The minimum absolute atomic E-state index is 0.542. The highest BCUT2D eigenvalue weighted by Gasteiger charge is 2.53. The summed E-state index contributed by atoms with van der Waals surface area (Å²) in [5, 5.41) is 4.95. The Bertz CT molecular complexity index is 487. The van der Waals surface area contributed by atoms with Crippen molar-refractivity contribution in [2.24, 2.45) is 23.2 Å². The quantitative estimate of drug-likeness (QED) is 0.883. The molecule has 4 fully saturated rings. The number of nitrogens with one attached hydrogen (secondary N) is 1. The Morgan fingerprint density at radius 3 is 2.20 bits per heavy atom. The molecule has 0 aromatic carbocycles. The van der Waals surface area contributed by atoms with Crippen molar-refractivity contribution in [3.63, 3.8) is 0 Å². The van der Waals surface area contributed by atoms with Crippen LogP contribution in [-0.2, 0) is 0 Å². The summed E-state index contributed by atoms with van der Waals surface area (Å²) < 4.78 is 4.27. The number of nitrogens with zero attached hydrogens (tertiary/aromatic N) is 1. The average molecular weight is 291 g/mol. The van der Waals surface area contributed by atoms with Gasteiger partial charge in [-0.1, -0.05) is 0 Å². The van der Waals surface area contributed by atoms with Crippen LogP contribution in [0.3, 0.4) is 0 Å². The normalized spacial score (nSPS) is 40.0. The van der Waals surface area contributed by atoms with E-state index in [9.17, 15) is 0 Å². The summed E-state index contributed by atoms with van der Waals surface area (Å²) in [7, 11) is 0. The van der Waals surface area contributed by atoms with Crippen molar-refractivity contribution in [3.05, 3.63) is 5.56 Å². The molecule has 5 rings (SSSR count). The molecule has 4 aliphatic rings. The molecular weight excluding hydrogens is 266 g/mol. The van der Waals surface area contributed by atoms with Crippen LogP contribution in [-0.4, -0.2) is 10.4 Å². The molecule has 1 aromatic heterocycles. The smallest absolute Gasteiger partial charge is 0.142 e. The van der Waals surface area contributed by atoms with E-state index in [-0.39, 0.29) is 0 Å². The highest BCUT2D eigenvalue weighted by molar-refractivity contribution is 7.10. The third kappa shape index (κ3) is 1.87. The SMILES string of the molecule is Cc1c(N)nsc1NC(C)C12CC3CC(CC(C3)C1)C2. The van der Waals surface area contributed by atoms with Gasteiger partial charge < -0.3 is 11.1 Å². The summed E-state index contributed by atoms with van der Waals surface area (Å²) in [6, 6.07) is 0.550. The Morgan fingerprint density at radius 1 is 1.20 bits per heavy atom. The summed E-state index contributed by atoms with van der Waals surface area (Å²) in [6.45, 7) is 4.47. The average Bonchev–Trinajstić information content (AvgIpc) is 2.69. The van der Waals surface area contributed by atoms with E-state index in [1.807, 2.05) is 0 Å². The molecule has 1 unspecified atom stereocenters. The van der Waals surface area contributed by atoms with E-state index in [1.54, 1.807) is 0 Å². The van der Waals surface area contributed by atoms with E-state index in [0.717, 1.165) is 23.3 Å². The van der Waals surface area contributed by atoms with Gasteiger partial charge in [0.1, 0.15) is 10.8 Å². The number of hydrogen-bond acceptors (Lipinski definition) is 4. The van der Waals surface area contributed by atoms with Gasteiger partial charge in [-0.3, -0.25) is 0 Å². The second-order valence-electron chi connectivity index (χ2n) is 7.67. The maximum atomic E-state index is 5.88. The molecule has 0 aliphatic heterocycles. The van der Waals surface area contributed by atoms with E-state index < -0.39 is 0 Å². The summed E-state index contributed by atoms with van der Waals surface area (Å²) in [6.07, 6.45) is 8.87. The lowest BCUT2D eigenvalue weighted by atomic mass is 9.48. The van der Waals surface area contributed by atoms with Crippen molar-refractivity contribution >= 4 is 22.4 Å². The number of nitrogens with two attached hydrogens (primary N) is 1. The predicted molar refractivity (Wildman–Crippen MR) is 85.0 cm³/mol. The van der Waals surface area contributed by atoms with Gasteiger partial charge in [-0.15, -0.1) is 0 Å². The highest BCUT2D eigenvalue weighted by atomic mass is 32.1. The van der Waals surface area contributed by atoms with Gasteiger partial charge in [-0.25, -0.2) is 0 Å². The molecule has 3 N–H and O–H groups in total. The summed E-state index contributed by atoms with van der Waals surface area (Å²) in [4.78, 5) is 0. The van der Waals surface area contributed by atoms with Crippen molar-refractivity contribution in [1.29, 1.82) is 0 Å². The van der Waals surface area contributed by atoms with E-state index in [2.05, 4.69) is 23.5 Å². The van der Waals surface area contributed by atoms with Gasteiger partial charge in [0.05, 0.1) is 0 Å². The van der Waals surface area contributed by atoms with Crippen LogP contribution in [0.2, 0.25) is 0 Å². The molecule has 0 radical (unpaired) electrons. The molecule has 4 saturated carbocycles. The van der Waals surface area contributed by atoms with Gasteiger partial charge in [0, 0.05) is 11.6 Å². The van der Waals surface area contributed by atoms with E-state index in [1.165, 1.54) is 55.1 Å². The monoisotopic (exact) mass is 291 g/mol. The summed E-state index contributed by atoms with van der Waals surface area (Å²) in [5.74, 6) is 3.73. The first-order valence-electron chi connectivity index (χ1n) is 8.04. The fourth-order valence-electron chi connectivity index (χ4n) is 5.54. The van der Waals surface area contributed by atoms with Crippen molar-refractivity contribution < 1.29 is 0 Å².